The maximum absolute atomic E-state index is 12.9. The summed E-state index contributed by atoms with van der Waals surface area (Å²) in [4.78, 5) is 0. The summed E-state index contributed by atoms with van der Waals surface area (Å²) in [5.41, 5.74) is 3.44. The fourth-order valence-electron chi connectivity index (χ4n) is 1.89. The van der Waals surface area contributed by atoms with E-state index in [9.17, 15) is 13.2 Å². The van der Waals surface area contributed by atoms with Crippen molar-refractivity contribution in [2.24, 2.45) is 0 Å². The van der Waals surface area contributed by atoms with Gasteiger partial charge >= 0.3 is 6.18 Å². The second-order valence-electron chi connectivity index (χ2n) is 4.87. The minimum atomic E-state index is -4.41. The van der Waals surface area contributed by atoms with Gasteiger partial charge in [0.25, 0.3) is 0 Å². The molecular weight excluding hydrogens is 408 g/mol. The van der Waals surface area contributed by atoms with Gasteiger partial charge in [0.2, 0.25) is 0 Å². The Morgan fingerprint density at radius 1 is 1.32 bits per heavy atom. The monoisotopic (exact) mass is 424 g/mol. The first-order chi connectivity index (χ1) is 10.4. The van der Waals surface area contributed by atoms with Crippen LogP contribution in [0.5, 0.6) is 5.75 Å². The molecule has 0 amide bonds. The van der Waals surface area contributed by atoms with E-state index in [0.29, 0.717) is 16.5 Å². The summed E-state index contributed by atoms with van der Waals surface area (Å²) in [6, 6.07) is 4.07. The quantitative estimate of drug-likeness (QED) is 0.563. The molecule has 0 radical (unpaired) electrons. The summed E-state index contributed by atoms with van der Waals surface area (Å²) in [7, 11) is 0. The Labute approximate surface area is 140 Å². The second-order valence-corrected chi connectivity index (χ2v) is 6.11. The van der Waals surface area contributed by atoms with E-state index >= 15 is 0 Å². The van der Waals surface area contributed by atoms with Crippen molar-refractivity contribution in [1.29, 1.82) is 0 Å². The van der Waals surface area contributed by atoms with Gasteiger partial charge in [-0.15, -0.1) is 0 Å². The number of benzene rings is 1. The van der Waals surface area contributed by atoms with Crippen LogP contribution in [0, 0.1) is 3.57 Å². The Bertz CT molecular complexity index is 585. The molecule has 0 atom stereocenters. The van der Waals surface area contributed by atoms with Crippen LogP contribution in [0.25, 0.3) is 0 Å². The number of allylic oxidation sites excluding steroid dienone is 2. The molecule has 120 valence electrons. The third-order valence-electron chi connectivity index (χ3n) is 3.02. The lowest BCUT2D eigenvalue weighted by Gasteiger charge is -2.23. The van der Waals surface area contributed by atoms with Crippen molar-refractivity contribution in [2.45, 2.75) is 19.5 Å². The summed E-state index contributed by atoms with van der Waals surface area (Å²) >= 11 is 1.85. The Kier molecular flexibility index (Phi) is 5.60. The normalized spacial score (nSPS) is 14.6. The maximum atomic E-state index is 12.9. The number of nitrogens with one attached hydrogen (secondary N) is 1. The first-order valence-electron chi connectivity index (χ1n) is 6.73. The van der Waals surface area contributed by atoms with Crippen molar-refractivity contribution >= 4 is 22.6 Å². The number of rotatable bonds is 5. The molecule has 0 spiro atoms. The average Bonchev–Trinajstić information content (AvgIpc) is 2.45. The molecule has 22 heavy (non-hydrogen) atoms. The predicted molar refractivity (Wildman–Crippen MR) is 87.0 cm³/mol. The zero-order valence-corrected chi connectivity index (χ0v) is 14.1. The summed E-state index contributed by atoms with van der Waals surface area (Å²) in [6.45, 7) is 2.84. The van der Waals surface area contributed by atoms with E-state index in [2.05, 4.69) is 5.43 Å². The van der Waals surface area contributed by atoms with Gasteiger partial charge in [-0.05, 0) is 59.4 Å². The molecule has 1 aliphatic rings. The number of hydrogen-bond acceptors (Lipinski definition) is 3. The Hall–Kier alpha value is -1.38. The van der Waals surface area contributed by atoms with Crippen LogP contribution in [0.1, 0.15) is 18.9 Å². The van der Waals surface area contributed by atoms with E-state index in [1.54, 1.807) is 6.07 Å². The van der Waals surface area contributed by atoms with Gasteiger partial charge in [0.15, 0.2) is 0 Å². The van der Waals surface area contributed by atoms with Crippen LogP contribution in [0.4, 0.5) is 13.2 Å². The molecular formula is C15H16F3IN2O. The van der Waals surface area contributed by atoms with Crippen LogP contribution in [-0.2, 0) is 6.18 Å². The van der Waals surface area contributed by atoms with Gasteiger partial charge in [-0.25, -0.2) is 0 Å². The first-order valence-corrected chi connectivity index (χ1v) is 7.81. The average molecular weight is 424 g/mol. The lowest BCUT2D eigenvalue weighted by molar-refractivity contribution is -0.139. The molecule has 7 heteroatoms. The molecule has 1 aromatic rings. The predicted octanol–water partition coefficient (Wildman–Crippen LogP) is 4.32. The summed E-state index contributed by atoms with van der Waals surface area (Å²) in [5, 5.41) is 1.86. The summed E-state index contributed by atoms with van der Waals surface area (Å²) < 4.78 is 44.7. The zero-order chi connectivity index (χ0) is 16.2. The number of ether oxygens (including phenoxy) is 1. The summed E-state index contributed by atoms with van der Waals surface area (Å²) in [6.07, 6.45) is 1.91. The molecule has 3 nitrogen and oxygen atoms in total. The Morgan fingerprint density at radius 2 is 2.09 bits per heavy atom. The maximum Gasteiger partial charge on any atom is 0.419 e. The molecule has 0 fully saturated rings. The van der Waals surface area contributed by atoms with Crippen LogP contribution >= 0.6 is 22.6 Å². The fourth-order valence-corrected chi connectivity index (χ4v) is 2.38. The highest BCUT2D eigenvalue weighted by molar-refractivity contribution is 14.1. The zero-order valence-electron chi connectivity index (χ0n) is 12.0. The van der Waals surface area contributed by atoms with Gasteiger partial charge in [0.05, 0.1) is 12.2 Å². The van der Waals surface area contributed by atoms with Crippen molar-refractivity contribution in [3.05, 3.63) is 51.4 Å². The highest BCUT2D eigenvalue weighted by Crippen LogP contribution is 2.37. The van der Waals surface area contributed by atoms with Gasteiger partial charge in [-0.2, -0.15) is 13.2 Å². The minimum absolute atomic E-state index is 0.120. The van der Waals surface area contributed by atoms with E-state index in [1.807, 2.05) is 53.0 Å². The van der Waals surface area contributed by atoms with Crippen LogP contribution in [-0.4, -0.2) is 18.2 Å². The van der Waals surface area contributed by atoms with Gasteiger partial charge in [-0.3, -0.25) is 5.01 Å². The molecule has 1 aromatic carbocycles. The molecule has 2 rings (SSSR count). The van der Waals surface area contributed by atoms with Crippen molar-refractivity contribution in [3.8, 4) is 5.75 Å². The summed E-state index contributed by atoms with van der Waals surface area (Å²) in [5.74, 6) is -0.120. The van der Waals surface area contributed by atoms with Gasteiger partial charge in [-0.1, -0.05) is 0 Å². The lowest BCUT2D eigenvalue weighted by Crippen LogP contribution is -2.32. The number of alkyl halides is 3. The van der Waals surface area contributed by atoms with E-state index in [0.717, 1.165) is 11.6 Å². The highest BCUT2D eigenvalue weighted by atomic mass is 127. The minimum Gasteiger partial charge on any atom is -0.493 e. The van der Waals surface area contributed by atoms with Gasteiger partial charge in [0.1, 0.15) is 5.75 Å². The Morgan fingerprint density at radius 3 is 2.73 bits per heavy atom. The second kappa shape index (κ2) is 7.26. The topological polar surface area (TPSA) is 24.5 Å². The number of nitrogens with zero attached hydrogens (tertiary/aromatic N) is 1. The number of hydrazine groups is 1. The molecule has 0 aromatic heterocycles. The highest BCUT2D eigenvalue weighted by Gasteiger charge is 2.34. The Balaban J connectivity index is 1.86. The number of hydrogen-bond donors (Lipinski definition) is 1. The van der Waals surface area contributed by atoms with E-state index in [4.69, 9.17) is 4.74 Å². The third kappa shape index (κ3) is 4.82. The molecule has 0 bridgehead atoms. The standard InChI is InChI=1S/C15H16F3IN2O/c1-11-5-7-21(20-10-11)6-2-8-22-14-4-3-12(19)9-13(14)15(16,17)18/h3-5,7,9-10,20H,2,6,8H2,1H3. The molecule has 0 saturated heterocycles. The molecule has 1 N–H and O–H groups in total. The first kappa shape index (κ1) is 17.0. The van der Waals surface area contributed by atoms with Crippen molar-refractivity contribution < 1.29 is 17.9 Å². The molecule has 1 aliphatic heterocycles. The van der Waals surface area contributed by atoms with E-state index < -0.39 is 11.7 Å². The lowest BCUT2D eigenvalue weighted by atomic mass is 10.2. The van der Waals surface area contributed by atoms with Crippen LogP contribution in [0.15, 0.2) is 42.2 Å². The van der Waals surface area contributed by atoms with Gasteiger partial charge in [0, 0.05) is 28.9 Å². The molecule has 0 unspecified atom stereocenters. The van der Waals surface area contributed by atoms with Crippen LogP contribution in [0.2, 0.25) is 0 Å². The van der Waals surface area contributed by atoms with Crippen molar-refractivity contribution in [3.63, 3.8) is 0 Å². The largest absolute Gasteiger partial charge is 0.493 e. The third-order valence-corrected chi connectivity index (χ3v) is 3.69. The van der Waals surface area contributed by atoms with Crippen molar-refractivity contribution in [2.75, 3.05) is 13.2 Å². The SMILES string of the molecule is CC1=CNN(CCCOc2ccc(I)cc2C(F)(F)F)C=C1. The van der Waals surface area contributed by atoms with E-state index in [1.165, 1.54) is 6.07 Å². The van der Waals surface area contributed by atoms with Gasteiger partial charge < -0.3 is 10.2 Å². The van der Waals surface area contributed by atoms with Crippen LogP contribution < -0.4 is 10.2 Å². The fraction of sp³-hybridized carbons (Fsp3) is 0.333. The molecule has 1 heterocycles. The molecule has 0 aliphatic carbocycles. The molecule has 0 saturated carbocycles. The van der Waals surface area contributed by atoms with E-state index in [-0.39, 0.29) is 12.4 Å². The smallest absolute Gasteiger partial charge is 0.419 e. The van der Waals surface area contributed by atoms with Crippen LogP contribution in [0.3, 0.4) is 0 Å². The van der Waals surface area contributed by atoms with Crippen molar-refractivity contribution in [1.82, 2.24) is 10.4 Å². The number of halogens is 4.